The van der Waals surface area contributed by atoms with Gasteiger partial charge < -0.3 is 15.1 Å². The van der Waals surface area contributed by atoms with Gasteiger partial charge in [-0.3, -0.25) is 9.59 Å². The topological polar surface area (TPSA) is 90.0 Å². The summed E-state index contributed by atoms with van der Waals surface area (Å²) < 4.78 is 39.3. The van der Waals surface area contributed by atoms with E-state index in [1.807, 2.05) is 0 Å². The highest BCUT2D eigenvalue weighted by Crippen LogP contribution is 2.41. The van der Waals surface area contributed by atoms with E-state index in [-0.39, 0.29) is 44.5 Å². The Kier molecular flexibility index (Phi) is 8.36. The molecule has 0 aromatic heterocycles. The maximum absolute atomic E-state index is 14.5. The molecule has 212 valence electrons. The predicted octanol–water partition coefficient (Wildman–Crippen LogP) is 3.10. The summed E-state index contributed by atoms with van der Waals surface area (Å²) in [5.74, 6) is -1.49. The average molecular weight is 600 g/mol. The van der Waals surface area contributed by atoms with E-state index < -0.39 is 32.7 Å². The lowest BCUT2D eigenvalue weighted by Gasteiger charge is -2.47. The van der Waals surface area contributed by atoms with E-state index in [4.69, 9.17) is 23.2 Å². The van der Waals surface area contributed by atoms with Crippen LogP contribution in [-0.4, -0.2) is 92.4 Å². The van der Waals surface area contributed by atoms with E-state index in [0.29, 0.717) is 27.7 Å². The lowest BCUT2D eigenvalue weighted by atomic mass is 9.76. The summed E-state index contributed by atoms with van der Waals surface area (Å²) in [6, 6.07) is 10.9. The molecule has 0 unspecified atom stereocenters. The van der Waals surface area contributed by atoms with Gasteiger partial charge in [0.1, 0.15) is 11.4 Å². The molecular weight excluding hydrogens is 566 g/mol. The average Bonchev–Trinajstić information content (AvgIpc) is 3.33. The number of carbonyl (C=O) groups excluding carboxylic acids is 2. The lowest BCUT2D eigenvalue weighted by molar-refractivity contribution is -0.155. The first kappa shape index (κ1) is 29.7. The molecule has 2 aliphatic rings. The molecular formula is C27H33Cl2FN4O4S. The van der Waals surface area contributed by atoms with E-state index in [9.17, 15) is 22.4 Å². The zero-order chi connectivity index (χ0) is 28.8. The molecule has 0 bridgehead atoms. The number of nitrogens with zero attached hydrogens (tertiary/aromatic N) is 3. The quantitative estimate of drug-likeness (QED) is 0.552. The largest absolute Gasteiger partial charge is 0.338 e. The molecule has 0 spiro atoms. The fourth-order valence-electron chi connectivity index (χ4n) is 5.64. The van der Waals surface area contributed by atoms with Gasteiger partial charge in [-0.1, -0.05) is 35.3 Å². The standard InChI is InChI=1S/C27H33Cl2FN4O4S/c1-26(2,19-13-20(28)15-21(29)14-19)24(35)32(3)27(17-31-16-23(27)18-5-7-22(30)8-6-18)25(36)33-9-11-34(12-10-33)39(4,37)38/h5-8,13-15,23,31H,9-12,16-17H2,1-4H3/t23-,27+/m0/s1. The van der Waals surface area contributed by atoms with Gasteiger partial charge in [-0.15, -0.1) is 0 Å². The Hall–Kier alpha value is -2.24. The molecule has 2 aromatic rings. The van der Waals surface area contributed by atoms with E-state index in [1.165, 1.54) is 21.3 Å². The molecule has 0 aliphatic carbocycles. The molecule has 2 heterocycles. The minimum atomic E-state index is -3.39. The second-order valence-electron chi connectivity index (χ2n) is 10.8. The number of rotatable bonds is 6. The van der Waals surface area contributed by atoms with Gasteiger partial charge in [0.25, 0.3) is 5.91 Å². The smallest absolute Gasteiger partial charge is 0.250 e. The summed E-state index contributed by atoms with van der Waals surface area (Å²) in [7, 11) is -1.78. The molecule has 8 nitrogen and oxygen atoms in total. The third-order valence-corrected chi connectivity index (χ3v) is 9.72. The van der Waals surface area contributed by atoms with E-state index >= 15 is 0 Å². The van der Waals surface area contributed by atoms with Crippen molar-refractivity contribution in [1.29, 1.82) is 0 Å². The van der Waals surface area contributed by atoms with Crippen molar-refractivity contribution in [2.75, 3.05) is 52.6 Å². The molecule has 4 rings (SSSR count). The number of nitrogens with one attached hydrogen (secondary N) is 1. The Morgan fingerprint density at radius 2 is 1.62 bits per heavy atom. The van der Waals surface area contributed by atoms with E-state index in [1.54, 1.807) is 56.1 Å². The highest BCUT2D eigenvalue weighted by atomic mass is 35.5. The molecule has 0 radical (unpaired) electrons. The van der Waals surface area contributed by atoms with Crippen LogP contribution in [0.4, 0.5) is 4.39 Å². The maximum Gasteiger partial charge on any atom is 0.250 e. The van der Waals surface area contributed by atoms with Crippen molar-refractivity contribution in [1.82, 2.24) is 19.4 Å². The minimum Gasteiger partial charge on any atom is -0.338 e. The number of sulfonamides is 1. The van der Waals surface area contributed by atoms with Crippen LogP contribution in [0.3, 0.4) is 0 Å². The normalized spacial score (nSPS) is 22.6. The zero-order valence-electron chi connectivity index (χ0n) is 22.4. The van der Waals surface area contributed by atoms with Crippen LogP contribution in [0.1, 0.15) is 30.9 Å². The van der Waals surface area contributed by atoms with Crippen molar-refractivity contribution < 1.29 is 22.4 Å². The molecule has 39 heavy (non-hydrogen) atoms. The molecule has 2 amide bonds. The number of halogens is 3. The van der Waals surface area contributed by atoms with Crippen LogP contribution in [0.2, 0.25) is 10.0 Å². The first-order chi connectivity index (χ1) is 18.2. The predicted molar refractivity (Wildman–Crippen MR) is 150 cm³/mol. The monoisotopic (exact) mass is 598 g/mol. The molecule has 2 aromatic carbocycles. The molecule has 2 saturated heterocycles. The summed E-state index contributed by atoms with van der Waals surface area (Å²) in [5.41, 5.74) is -1.12. The fraction of sp³-hybridized carbons (Fsp3) is 0.481. The lowest BCUT2D eigenvalue weighted by Crippen LogP contribution is -2.67. The van der Waals surface area contributed by atoms with Gasteiger partial charge in [-0.25, -0.2) is 12.8 Å². The Morgan fingerprint density at radius 1 is 1.05 bits per heavy atom. The summed E-state index contributed by atoms with van der Waals surface area (Å²) in [6.45, 7) is 4.80. The van der Waals surface area contributed by atoms with Gasteiger partial charge in [0.05, 0.1) is 11.7 Å². The van der Waals surface area contributed by atoms with Crippen molar-refractivity contribution in [3.05, 3.63) is 69.5 Å². The Bertz CT molecular complexity index is 1340. The van der Waals surface area contributed by atoms with E-state index in [0.717, 1.165) is 6.26 Å². The van der Waals surface area contributed by atoms with Crippen LogP contribution < -0.4 is 5.32 Å². The number of benzene rings is 2. The number of likely N-dealkylation sites (N-methyl/N-ethyl adjacent to an activating group) is 1. The molecule has 2 atom stereocenters. The highest BCUT2D eigenvalue weighted by Gasteiger charge is 2.57. The first-order valence-corrected chi connectivity index (χ1v) is 15.2. The van der Waals surface area contributed by atoms with Crippen LogP contribution in [0.25, 0.3) is 0 Å². The Morgan fingerprint density at radius 3 is 2.15 bits per heavy atom. The van der Waals surface area contributed by atoms with Crippen LogP contribution in [-0.2, 0) is 25.0 Å². The number of carbonyl (C=O) groups is 2. The second-order valence-corrected chi connectivity index (χ2v) is 13.6. The summed E-state index contributed by atoms with van der Waals surface area (Å²) in [6.07, 6.45) is 1.15. The van der Waals surface area contributed by atoms with Crippen molar-refractivity contribution in [3.8, 4) is 0 Å². The van der Waals surface area contributed by atoms with Gasteiger partial charge in [-0.2, -0.15) is 4.31 Å². The Balaban J connectivity index is 1.76. The van der Waals surface area contributed by atoms with E-state index in [2.05, 4.69) is 5.32 Å². The molecule has 0 saturated carbocycles. The number of hydrogen-bond acceptors (Lipinski definition) is 5. The molecule has 1 N–H and O–H groups in total. The van der Waals surface area contributed by atoms with Crippen LogP contribution in [0.15, 0.2) is 42.5 Å². The second kappa shape index (κ2) is 11.0. The van der Waals surface area contributed by atoms with Gasteiger partial charge in [-0.05, 0) is 55.3 Å². The summed E-state index contributed by atoms with van der Waals surface area (Å²) in [5, 5.41) is 4.07. The first-order valence-electron chi connectivity index (χ1n) is 12.6. The number of hydrogen-bond donors (Lipinski definition) is 1. The van der Waals surface area contributed by atoms with Gasteiger partial charge in [0, 0.05) is 62.3 Å². The van der Waals surface area contributed by atoms with Crippen molar-refractivity contribution in [2.24, 2.45) is 0 Å². The van der Waals surface area contributed by atoms with Crippen LogP contribution in [0, 0.1) is 5.82 Å². The Labute approximate surface area is 239 Å². The minimum absolute atomic E-state index is 0.166. The fourth-order valence-corrected chi connectivity index (χ4v) is 7.00. The molecule has 2 aliphatic heterocycles. The third-order valence-electron chi connectivity index (χ3n) is 7.98. The molecule has 12 heteroatoms. The summed E-state index contributed by atoms with van der Waals surface area (Å²) in [4.78, 5) is 31.9. The SMILES string of the molecule is CN(C(=O)C(C)(C)c1cc(Cl)cc(Cl)c1)[C@]1(C(=O)N2CCN(S(C)(=O)=O)CC2)CNC[C@H]1c1ccc(F)cc1. The third kappa shape index (κ3) is 5.67. The van der Waals surface area contributed by atoms with Crippen molar-refractivity contribution >= 4 is 45.0 Å². The number of piperazine rings is 1. The van der Waals surface area contributed by atoms with Gasteiger partial charge in [0.15, 0.2) is 0 Å². The highest BCUT2D eigenvalue weighted by molar-refractivity contribution is 7.88. The van der Waals surface area contributed by atoms with Gasteiger partial charge in [0.2, 0.25) is 15.9 Å². The molecule has 2 fully saturated rings. The van der Waals surface area contributed by atoms with Crippen LogP contribution in [0.5, 0.6) is 0 Å². The van der Waals surface area contributed by atoms with Crippen molar-refractivity contribution in [3.63, 3.8) is 0 Å². The van der Waals surface area contributed by atoms with Crippen molar-refractivity contribution in [2.45, 2.75) is 30.7 Å². The van der Waals surface area contributed by atoms with Crippen LogP contribution >= 0.6 is 23.2 Å². The summed E-state index contributed by atoms with van der Waals surface area (Å²) >= 11 is 12.5. The zero-order valence-corrected chi connectivity index (χ0v) is 24.7. The maximum atomic E-state index is 14.5. The number of amides is 2. The van der Waals surface area contributed by atoms with Gasteiger partial charge >= 0.3 is 0 Å².